The van der Waals surface area contributed by atoms with Crippen molar-refractivity contribution in [2.45, 2.75) is 49.9 Å². The molecule has 8 N–H and O–H groups in total. The number of likely N-dealkylation sites (tertiary alicyclic amines) is 1. The highest BCUT2D eigenvalue weighted by Gasteiger charge is 2.39. The summed E-state index contributed by atoms with van der Waals surface area (Å²) in [5, 5.41) is 26.3. The van der Waals surface area contributed by atoms with Gasteiger partial charge in [-0.2, -0.15) is 0 Å². The van der Waals surface area contributed by atoms with Gasteiger partial charge in [-0.3, -0.25) is 14.4 Å². The van der Waals surface area contributed by atoms with Gasteiger partial charge in [0.15, 0.2) is 0 Å². The number of carbonyl (C=O) groups excluding carboxylic acids is 3. The number of nitrogens with two attached hydrogens (primary N) is 1. The van der Waals surface area contributed by atoms with Gasteiger partial charge < -0.3 is 41.4 Å². The molecule has 0 bridgehead atoms. The topological polar surface area (TPSA) is 194 Å². The summed E-state index contributed by atoms with van der Waals surface area (Å²) in [4.78, 5) is 59.8. The molecule has 1 aliphatic rings. The van der Waals surface area contributed by atoms with Crippen LogP contribution >= 0.6 is 0 Å². The summed E-state index contributed by atoms with van der Waals surface area (Å²) >= 11 is 0. The number of para-hydroxylation sites is 2. The minimum atomic E-state index is -1.22. The molecule has 1 fully saturated rings. The van der Waals surface area contributed by atoms with E-state index in [9.17, 15) is 29.4 Å². The lowest BCUT2D eigenvalue weighted by atomic mass is 10.0. The third-order valence-corrected chi connectivity index (χ3v) is 7.80. The number of nitrogens with one attached hydrogen (secondary N) is 4. The molecule has 12 nitrogen and oxygen atoms in total. The van der Waals surface area contributed by atoms with Crippen molar-refractivity contribution in [3.05, 3.63) is 72.1 Å². The molecule has 5 rings (SSSR count). The van der Waals surface area contributed by atoms with Crippen molar-refractivity contribution in [3.63, 3.8) is 0 Å². The Kier molecular flexibility index (Phi) is 8.55. The van der Waals surface area contributed by atoms with Crippen molar-refractivity contribution in [3.8, 4) is 0 Å². The van der Waals surface area contributed by atoms with Crippen molar-refractivity contribution in [1.82, 2.24) is 25.5 Å². The number of aliphatic hydroxyl groups excluding tert-OH is 1. The summed E-state index contributed by atoms with van der Waals surface area (Å²) in [6.07, 6.45) is 4.56. The predicted octanol–water partition coefficient (Wildman–Crippen LogP) is 0.799. The van der Waals surface area contributed by atoms with Gasteiger partial charge in [0.05, 0.1) is 6.61 Å². The number of aliphatic carboxylic acids is 1. The van der Waals surface area contributed by atoms with Crippen LogP contribution in [0.1, 0.15) is 24.0 Å². The number of aliphatic hydroxyl groups is 1. The Morgan fingerprint density at radius 3 is 2.05 bits per heavy atom. The third kappa shape index (κ3) is 5.99. The van der Waals surface area contributed by atoms with Crippen LogP contribution in [-0.2, 0) is 32.0 Å². The fourth-order valence-corrected chi connectivity index (χ4v) is 5.57. The normalized spacial score (nSPS) is 17.2. The van der Waals surface area contributed by atoms with E-state index in [1.807, 2.05) is 48.5 Å². The summed E-state index contributed by atoms with van der Waals surface area (Å²) in [5.41, 5.74) is 8.98. The number of rotatable bonds is 11. The zero-order valence-corrected chi connectivity index (χ0v) is 22.9. The van der Waals surface area contributed by atoms with Crippen LogP contribution in [0.2, 0.25) is 0 Å². The van der Waals surface area contributed by atoms with Crippen LogP contribution < -0.4 is 16.4 Å². The number of hydrogen-bond donors (Lipinski definition) is 7. The second-order valence-corrected chi connectivity index (χ2v) is 10.6. The molecule has 0 spiro atoms. The van der Waals surface area contributed by atoms with Crippen LogP contribution in [0.5, 0.6) is 0 Å². The van der Waals surface area contributed by atoms with Gasteiger partial charge in [-0.15, -0.1) is 0 Å². The van der Waals surface area contributed by atoms with Gasteiger partial charge in [0, 0.05) is 53.6 Å². The first-order valence-corrected chi connectivity index (χ1v) is 13.9. The molecule has 3 heterocycles. The van der Waals surface area contributed by atoms with Gasteiger partial charge in [-0.25, -0.2) is 4.79 Å². The SMILES string of the molecule is NC(CO)C(=O)NC(Cc1c[nH]c2ccccc12)C(=O)N1CCCC1C(=O)NC(Cc1c[nH]c2ccccc12)C(=O)O. The molecule has 1 aliphatic heterocycles. The van der Waals surface area contributed by atoms with Crippen LogP contribution in [0.25, 0.3) is 21.8 Å². The predicted molar refractivity (Wildman–Crippen MR) is 155 cm³/mol. The van der Waals surface area contributed by atoms with Gasteiger partial charge in [0.2, 0.25) is 17.7 Å². The number of hydrogen-bond acceptors (Lipinski definition) is 6. The molecule has 4 aromatic rings. The van der Waals surface area contributed by atoms with Gasteiger partial charge >= 0.3 is 5.97 Å². The summed E-state index contributed by atoms with van der Waals surface area (Å²) in [6, 6.07) is 10.6. The minimum absolute atomic E-state index is 0.0596. The molecule has 42 heavy (non-hydrogen) atoms. The summed E-state index contributed by atoms with van der Waals surface area (Å²) in [7, 11) is 0. The molecular weight excluding hydrogens is 540 g/mol. The Morgan fingerprint density at radius 1 is 0.905 bits per heavy atom. The maximum atomic E-state index is 13.9. The maximum absolute atomic E-state index is 13.9. The van der Waals surface area contributed by atoms with Crippen molar-refractivity contribution in [2.24, 2.45) is 5.73 Å². The number of carboxylic acid groups (broad SMARTS) is 1. The zero-order valence-electron chi connectivity index (χ0n) is 22.9. The second-order valence-electron chi connectivity index (χ2n) is 10.6. The van der Waals surface area contributed by atoms with Crippen molar-refractivity contribution in [2.75, 3.05) is 13.2 Å². The maximum Gasteiger partial charge on any atom is 0.326 e. The molecule has 0 aliphatic carbocycles. The summed E-state index contributed by atoms with van der Waals surface area (Å²) < 4.78 is 0. The fraction of sp³-hybridized carbons (Fsp3) is 0.333. The number of aromatic nitrogens is 2. The zero-order chi connectivity index (χ0) is 29.8. The Bertz CT molecular complexity index is 1610. The molecule has 2 aromatic heterocycles. The summed E-state index contributed by atoms with van der Waals surface area (Å²) in [5.74, 6) is -2.94. The standard InChI is InChI=1S/C30H34N6O6/c31-21(16-37)27(38)34-24(12-17-14-32-22-8-3-1-6-19(17)22)29(40)36-11-5-10-26(36)28(39)35-25(30(41)42)13-18-15-33-23-9-4-2-7-20(18)23/h1-4,6-9,14-15,21,24-26,32-33,37H,5,10-13,16,31H2,(H,34,38)(H,35,39)(H,41,42). The number of H-pyrrole nitrogens is 2. The fourth-order valence-electron chi connectivity index (χ4n) is 5.57. The Hall–Kier alpha value is -4.68. The number of nitrogens with zero attached hydrogens (tertiary/aromatic N) is 1. The average molecular weight is 575 g/mol. The number of carbonyl (C=O) groups is 4. The number of amides is 3. The van der Waals surface area contributed by atoms with E-state index in [1.54, 1.807) is 12.4 Å². The van der Waals surface area contributed by atoms with Gasteiger partial charge in [-0.1, -0.05) is 36.4 Å². The first kappa shape index (κ1) is 28.8. The molecule has 0 radical (unpaired) electrons. The van der Waals surface area contributed by atoms with E-state index in [2.05, 4.69) is 20.6 Å². The number of fused-ring (bicyclic) bond motifs is 2. The first-order valence-electron chi connectivity index (χ1n) is 13.9. The largest absolute Gasteiger partial charge is 0.480 e. The molecule has 4 unspecified atom stereocenters. The first-order chi connectivity index (χ1) is 20.3. The highest BCUT2D eigenvalue weighted by Crippen LogP contribution is 2.24. The highest BCUT2D eigenvalue weighted by molar-refractivity contribution is 5.95. The molecule has 220 valence electrons. The van der Waals surface area contributed by atoms with Crippen LogP contribution in [0.15, 0.2) is 60.9 Å². The lowest BCUT2D eigenvalue weighted by Crippen LogP contribution is -2.57. The molecule has 4 atom stereocenters. The van der Waals surface area contributed by atoms with E-state index in [1.165, 1.54) is 4.90 Å². The second kappa shape index (κ2) is 12.5. The number of benzene rings is 2. The number of carboxylic acids is 1. The quantitative estimate of drug-likeness (QED) is 0.138. The van der Waals surface area contributed by atoms with Crippen LogP contribution in [0.3, 0.4) is 0 Å². The van der Waals surface area contributed by atoms with E-state index in [0.717, 1.165) is 32.9 Å². The van der Waals surface area contributed by atoms with Gasteiger partial charge in [0.1, 0.15) is 24.2 Å². The molecule has 0 saturated carbocycles. The summed E-state index contributed by atoms with van der Waals surface area (Å²) in [6.45, 7) is -0.328. The molecule has 3 amide bonds. The van der Waals surface area contributed by atoms with E-state index in [0.29, 0.717) is 12.8 Å². The van der Waals surface area contributed by atoms with Gasteiger partial charge in [0.25, 0.3) is 0 Å². The Morgan fingerprint density at radius 2 is 1.48 bits per heavy atom. The van der Waals surface area contributed by atoms with Crippen LogP contribution in [0.4, 0.5) is 0 Å². The van der Waals surface area contributed by atoms with E-state index in [4.69, 9.17) is 5.73 Å². The van der Waals surface area contributed by atoms with Crippen molar-refractivity contribution in [1.29, 1.82) is 0 Å². The van der Waals surface area contributed by atoms with E-state index >= 15 is 0 Å². The lowest BCUT2D eigenvalue weighted by Gasteiger charge is -2.30. The average Bonchev–Trinajstić information content (AvgIpc) is 3.75. The van der Waals surface area contributed by atoms with E-state index in [-0.39, 0.29) is 19.4 Å². The Balaban J connectivity index is 1.34. The molecule has 2 aromatic carbocycles. The minimum Gasteiger partial charge on any atom is -0.480 e. The lowest BCUT2D eigenvalue weighted by molar-refractivity contribution is -0.145. The molecule has 1 saturated heterocycles. The van der Waals surface area contributed by atoms with E-state index < -0.39 is 54.5 Å². The van der Waals surface area contributed by atoms with Crippen molar-refractivity contribution >= 4 is 45.5 Å². The molecular formula is C30H34N6O6. The van der Waals surface area contributed by atoms with Crippen LogP contribution in [-0.4, -0.2) is 86.1 Å². The van der Waals surface area contributed by atoms with Crippen molar-refractivity contribution < 1.29 is 29.4 Å². The third-order valence-electron chi connectivity index (χ3n) is 7.80. The number of aromatic amines is 2. The van der Waals surface area contributed by atoms with Gasteiger partial charge in [-0.05, 0) is 36.1 Å². The van der Waals surface area contributed by atoms with Crippen LogP contribution in [0, 0.1) is 0 Å². The highest BCUT2D eigenvalue weighted by atomic mass is 16.4. The smallest absolute Gasteiger partial charge is 0.326 e. The monoisotopic (exact) mass is 574 g/mol. The molecule has 12 heteroatoms. The Labute approximate surface area is 241 Å².